The van der Waals surface area contributed by atoms with E-state index in [1.54, 1.807) is 0 Å². The minimum absolute atomic E-state index is 0.0637. The first-order chi connectivity index (χ1) is 12.6. The van der Waals surface area contributed by atoms with E-state index in [0.717, 1.165) is 48.2 Å². The van der Waals surface area contributed by atoms with Gasteiger partial charge in [-0.1, -0.05) is 57.7 Å². The van der Waals surface area contributed by atoms with Crippen LogP contribution in [-0.4, -0.2) is 35.4 Å². The number of unbranched alkanes of at least 4 members (excludes halogenated alkanes) is 4. The summed E-state index contributed by atoms with van der Waals surface area (Å²) in [5, 5.41) is 4.11. The molecule has 1 heterocycles. The fourth-order valence-corrected chi connectivity index (χ4v) is 3.24. The van der Waals surface area contributed by atoms with Crippen LogP contribution in [0, 0.1) is 6.92 Å². The molecule has 0 unspecified atom stereocenters. The Bertz CT molecular complexity index is 689. The summed E-state index contributed by atoms with van der Waals surface area (Å²) in [6, 6.07) is 9.91. The maximum Gasteiger partial charge on any atom is 0.238 e. The predicted molar refractivity (Wildman–Crippen MR) is 111 cm³/mol. The molecule has 1 aromatic carbocycles. The Balaban J connectivity index is 2.02. The highest BCUT2D eigenvalue weighted by Crippen LogP contribution is 2.22. The Morgan fingerprint density at radius 1 is 1.04 bits per heavy atom. The molecule has 2 rings (SSSR count). The van der Waals surface area contributed by atoms with Crippen molar-refractivity contribution in [1.82, 2.24) is 9.88 Å². The average molecular weight is 356 g/mol. The van der Waals surface area contributed by atoms with Gasteiger partial charge in [-0.25, -0.2) is 0 Å². The van der Waals surface area contributed by atoms with Gasteiger partial charge in [-0.05, 0) is 45.0 Å². The summed E-state index contributed by atoms with van der Waals surface area (Å²) in [5.74, 6) is 0.0637. The molecule has 0 radical (unpaired) electrons. The number of fused-ring (bicyclic) bond motifs is 1. The van der Waals surface area contributed by atoms with Crippen LogP contribution in [-0.2, 0) is 4.79 Å². The Labute approximate surface area is 158 Å². The number of carbonyl (C=O) groups is 1. The van der Waals surface area contributed by atoms with Crippen molar-refractivity contribution in [1.29, 1.82) is 0 Å². The molecule has 0 spiro atoms. The minimum Gasteiger partial charge on any atom is -0.324 e. The van der Waals surface area contributed by atoms with Gasteiger partial charge < -0.3 is 5.32 Å². The number of para-hydroxylation sites is 1. The van der Waals surface area contributed by atoms with Gasteiger partial charge in [0.1, 0.15) is 0 Å². The molecule has 1 aromatic heterocycles. The topological polar surface area (TPSA) is 45.2 Å². The molecular formula is C22H33N3O. The van der Waals surface area contributed by atoms with Gasteiger partial charge in [0.2, 0.25) is 5.91 Å². The minimum atomic E-state index is 0.0637. The van der Waals surface area contributed by atoms with Crippen LogP contribution in [0.25, 0.3) is 10.9 Å². The van der Waals surface area contributed by atoms with Crippen LogP contribution < -0.4 is 5.32 Å². The van der Waals surface area contributed by atoms with Gasteiger partial charge in [0.25, 0.3) is 0 Å². The molecule has 0 saturated carbocycles. The number of rotatable bonds is 11. The molecule has 0 saturated heterocycles. The maximum atomic E-state index is 12.7. The molecule has 4 heteroatoms. The van der Waals surface area contributed by atoms with Crippen LogP contribution in [0.3, 0.4) is 0 Å². The zero-order valence-electron chi connectivity index (χ0n) is 16.6. The molecule has 0 bridgehead atoms. The van der Waals surface area contributed by atoms with E-state index in [1.165, 1.54) is 25.7 Å². The highest BCUT2D eigenvalue weighted by atomic mass is 16.2. The lowest BCUT2D eigenvalue weighted by Crippen LogP contribution is -2.34. The number of pyridine rings is 1. The van der Waals surface area contributed by atoms with Gasteiger partial charge in [0, 0.05) is 11.1 Å². The van der Waals surface area contributed by atoms with Crippen molar-refractivity contribution in [2.75, 3.05) is 25.0 Å². The fourth-order valence-electron chi connectivity index (χ4n) is 3.24. The lowest BCUT2D eigenvalue weighted by atomic mass is 10.1. The summed E-state index contributed by atoms with van der Waals surface area (Å²) in [5.41, 5.74) is 2.70. The first-order valence-corrected chi connectivity index (χ1v) is 10.0. The number of hydrogen-bond acceptors (Lipinski definition) is 3. The van der Waals surface area contributed by atoms with Gasteiger partial charge in [0.05, 0.1) is 17.7 Å². The molecule has 1 amide bonds. The third-order valence-corrected chi connectivity index (χ3v) is 4.64. The van der Waals surface area contributed by atoms with E-state index in [9.17, 15) is 4.79 Å². The van der Waals surface area contributed by atoms with E-state index in [2.05, 4.69) is 29.0 Å². The average Bonchev–Trinajstić information content (AvgIpc) is 2.61. The molecule has 0 aliphatic carbocycles. The van der Waals surface area contributed by atoms with Gasteiger partial charge >= 0.3 is 0 Å². The summed E-state index contributed by atoms with van der Waals surface area (Å²) < 4.78 is 0. The van der Waals surface area contributed by atoms with Gasteiger partial charge in [-0.3, -0.25) is 14.7 Å². The number of aryl methyl sites for hydroxylation is 1. The monoisotopic (exact) mass is 355 g/mol. The molecule has 0 aliphatic heterocycles. The lowest BCUT2D eigenvalue weighted by molar-refractivity contribution is -0.117. The Kier molecular flexibility index (Phi) is 8.56. The van der Waals surface area contributed by atoms with Crippen molar-refractivity contribution in [2.45, 2.75) is 59.3 Å². The van der Waals surface area contributed by atoms with Crippen molar-refractivity contribution in [3.63, 3.8) is 0 Å². The number of aromatic nitrogens is 1. The SMILES string of the molecule is CCCCCN(CCCCC)CC(=O)Nc1cc(C)nc2ccccc12. The molecule has 142 valence electrons. The van der Waals surface area contributed by atoms with Gasteiger partial charge in [-0.15, -0.1) is 0 Å². The number of amides is 1. The van der Waals surface area contributed by atoms with Crippen LogP contribution in [0.1, 0.15) is 58.1 Å². The molecule has 0 aliphatic rings. The van der Waals surface area contributed by atoms with Crippen molar-refractivity contribution >= 4 is 22.5 Å². The largest absolute Gasteiger partial charge is 0.324 e. The second-order valence-corrected chi connectivity index (χ2v) is 7.07. The number of hydrogen-bond donors (Lipinski definition) is 1. The number of nitrogens with one attached hydrogen (secondary N) is 1. The highest BCUT2D eigenvalue weighted by molar-refractivity contribution is 6.01. The van der Waals surface area contributed by atoms with Crippen LogP contribution in [0.5, 0.6) is 0 Å². The molecular weight excluding hydrogens is 322 g/mol. The number of carbonyl (C=O) groups excluding carboxylic acids is 1. The lowest BCUT2D eigenvalue weighted by Gasteiger charge is -2.22. The zero-order chi connectivity index (χ0) is 18.8. The quantitative estimate of drug-likeness (QED) is 0.566. The number of nitrogens with zero attached hydrogens (tertiary/aromatic N) is 2. The first-order valence-electron chi connectivity index (χ1n) is 10.0. The smallest absolute Gasteiger partial charge is 0.238 e. The normalized spacial score (nSPS) is 11.2. The van der Waals surface area contributed by atoms with E-state index >= 15 is 0 Å². The number of anilines is 1. The second kappa shape index (κ2) is 10.9. The standard InChI is InChI=1S/C22H33N3O/c1-4-6-10-14-25(15-11-7-5-2)17-22(26)24-21-16-18(3)23-20-13-9-8-12-19(20)21/h8-9,12-13,16H,4-7,10-11,14-15,17H2,1-3H3,(H,23,24,26). The first kappa shape index (κ1) is 20.4. The van der Waals surface area contributed by atoms with Crippen LogP contribution in [0.4, 0.5) is 5.69 Å². The van der Waals surface area contributed by atoms with E-state index < -0.39 is 0 Å². The van der Waals surface area contributed by atoms with Crippen LogP contribution >= 0.6 is 0 Å². The van der Waals surface area contributed by atoms with Crippen molar-refractivity contribution in [2.24, 2.45) is 0 Å². The molecule has 1 N–H and O–H groups in total. The second-order valence-electron chi connectivity index (χ2n) is 7.07. The Morgan fingerprint density at radius 3 is 2.35 bits per heavy atom. The molecule has 0 atom stereocenters. The molecule has 4 nitrogen and oxygen atoms in total. The maximum absolute atomic E-state index is 12.7. The van der Waals surface area contributed by atoms with Gasteiger partial charge in [0.15, 0.2) is 0 Å². The van der Waals surface area contributed by atoms with Crippen LogP contribution in [0.15, 0.2) is 30.3 Å². The van der Waals surface area contributed by atoms with Crippen molar-refractivity contribution in [3.05, 3.63) is 36.0 Å². The molecule has 0 fully saturated rings. The van der Waals surface area contributed by atoms with Gasteiger partial charge in [-0.2, -0.15) is 0 Å². The van der Waals surface area contributed by atoms with E-state index in [-0.39, 0.29) is 5.91 Å². The summed E-state index contributed by atoms with van der Waals surface area (Å²) in [4.78, 5) is 19.5. The summed E-state index contributed by atoms with van der Waals surface area (Å²) in [6.07, 6.45) is 7.18. The third kappa shape index (κ3) is 6.41. The van der Waals surface area contributed by atoms with E-state index in [0.29, 0.717) is 6.54 Å². The predicted octanol–water partition coefficient (Wildman–Crippen LogP) is 5.16. The third-order valence-electron chi connectivity index (χ3n) is 4.64. The summed E-state index contributed by atoms with van der Waals surface area (Å²) >= 11 is 0. The fraction of sp³-hybridized carbons (Fsp3) is 0.545. The number of benzene rings is 1. The zero-order valence-corrected chi connectivity index (χ0v) is 16.6. The van der Waals surface area contributed by atoms with E-state index in [1.807, 2.05) is 37.3 Å². The molecule has 2 aromatic rings. The van der Waals surface area contributed by atoms with Crippen molar-refractivity contribution in [3.8, 4) is 0 Å². The summed E-state index contributed by atoms with van der Waals surface area (Å²) in [6.45, 7) is 8.85. The highest BCUT2D eigenvalue weighted by Gasteiger charge is 2.12. The summed E-state index contributed by atoms with van der Waals surface area (Å²) in [7, 11) is 0. The Morgan fingerprint density at radius 2 is 1.69 bits per heavy atom. The van der Waals surface area contributed by atoms with E-state index in [4.69, 9.17) is 0 Å². The van der Waals surface area contributed by atoms with Crippen LogP contribution in [0.2, 0.25) is 0 Å². The Hall–Kier alpha value is -1.94. The van der Waals surface area contributed by atoms with Crippen molar-refractivity contribution < 1.29 is 4.79 Å². The molecule has 26 heavy (non-hydrogen) atoms.